The van der Waals surface area contributed by atoms with Crippen molar-refractivity contribution in [3.63, 3.8) is 0 Å². The molecule has 0 aliphatic carbocycles. The lowest BCUT2D eigenvalue weighted by atomic mass is 10.0. The quantitative estimate of drug-likeness (QED) is 0.314. The largest absolute Gasteiger partial charge is 0.494 e. The van der Waals surface area contributed by atoms with E-state index in [0.29, 0.717) is 17.9 Å². The van der Waals surface area contributed by atoms with Crippen molar-refractivity contribution in [3.05, 3.63) is 89.5 Å². The Hall–Kier alpha value is -3.81. The molecule has 36 heavy (non-hydrogen) atoms. The summed E-state index contributed by atoms with van der Waals surface area (Å²) < 4.78 is 43.9. The highest BCUT2D eigenvalue weighted by molar-refractivity contribution is 5.94. The maximum absolute atomic E-state index is 12.7. The van der Waals surface area contributed by atoms with Gasteiger partial charge in [-0.3, -0.25) is 9.59 Å². The number of carboxylic acid groups (broad SMARTS) is 1. The van der Waals surface area contributed by atoms with Gasteiger partial charge in [0.25, 0.3) is 5.91 Å². The van der Waals surface area contributed by atoms with Crippen LogP contribution < -0.4 is 4.74 Å². The number of alkyl halides is 3. The van der Waals surface area contributed by atoms with Gasteiger partial charge in [0.2, 0.25) is 0 Å². The summed E-state index contributed by atoms with van der Waals surface area (Å²) in [7, 11) is 1.57. The van der Waals surface area contributed by atoms with Crippen molar-refractivity contribution in [1.82, 2.24) is 4.90 Å². The van der Waals surface area contributed by atoms with Crippen molar-refractivity contribution >= 4 is 11.9 Å². The number of halogens is 3. The van der Waals surface area contributed by atoms with Gasteiger partial charge in [0.1, 0.15) is 5.75 Å². The highest BCUT2D eigenvalue weighted by Crippen LogP contribution is 2.31. The van der Waals surface area contributed by atoms with Crippen LogP contribution in [0.5, 0.6) is 5.75 Å². The Bertz CT molecular complexity index is 1140. The normalized spacial score (nSPS) is 11.2. The van der Waals surface area contributed by atoms with E-state index in [9.17, 15) is 22.8 Å². The lowest BCUT2D eigenvalue weighted by molar-refractivity contribution is -0.138. The molecule has 0 atom stereocenters. The molecule has 0 aliphatic rings. The predicted molar refractivity (Wildman–Crippen MR) is 131 cm³/mol. The van der Waals surface area contributed by atoms with Crippen LogP contribution in [0, 0.1) is 0 Å². The second-order valence-electron chi connectivity index (χ2n) is 8.47. The summed E-state index contributed by atoms with van der Waals surface area (Å²) >= 11 is 0. The Labute approximate surface area is 208 Å². The Morgan fingerprint density at radius 2 is 1.44 bits per heavy atom. The molecule has 3 aromatic rings. The molecule has 8 heteroatoms. The summed E-state index contributed by atoms with van der Waals surface area (Å²) in [6, 6.07) is 19.7. The minimum absolute atomic E-state index is 0.104. The first-order chi connectivity index (χ1) is 17.1. The summed E-state index contributed by atoms with van der Waals surface area (Å²) in [6.07, 6.45) is -1.85. The van der Waals surface area contributed by atoms with Crippen LogP contribution in [0.4, 0.5) is 13.2 Å². The monoisotopic (exact) mass is 499 g/mol. The standard InChI is InChI=1S/C28H28F3NO4/c1-32(18-17-26(33)34)27(35)23-11-15-25(16-12-23)36-19-3-2-4-20-5-7-21(8-6-20)22-9-13-24(14-10-22)28(29,30)31/h5-16H,2-4,17-19H2,1H3,(H,33,34). The van der Waals surface area contributed by atoms with Crippen LogP contribution in [-0.4, -0.2) is 42.1 Å². The zero-order valence-electron chi connectivity index (χ0n) is 19.9. The molecule has 0 aliphatic heterocycles. The Balaban J connectivity index is 1.40. The number of unbranched alkanes of at least 4 members (excludes halogenated alkanes) is 1. The summed E-state index contributed by atoms with van der Waals surface area (Å²) in [4.78, 5) is 24.3. The molecule has 0 saturated heterocycles. The average molecular weight is 500 g/mol. The van der Waals surface area contributed by atoms with E-state index in [2.05, 4.69) is 0 Å². The number of carbonyl (C=O) groups excluding carboxylic acids is 1. The zero-order chi connectivity index (χ0) is 26.1. The highest BCUT2D eigenvalue weighted by atomic mass is 19.4. The predicted octanol–water partition coefficient (Wildman–Crippen LogP) is 6.32. The van der Waals surface area contributed by atoms with Gasteiger partial charge < -0.3 is 14.7 Å². The molecule has 1 N–H and O–H groups in total. The average Bonchev–Trinajstić information content (AvgIpc) is 2.87. The smallest absolute Gasteiger partial charge is 0.416 e. The summed E-state index contributed by atoms with van der Waals surface area (Å²) in [6.45, 7) is 0.666. The maximum Gasteiger partial charge on any atom is 0.416 e. The van der Waals surface area contributed by atoms with Crippen LogP contribution in [0.25, 0.3) is 11.1 Å². The van der Waals surface area contributed by atoms with Crippen molar-refractivity contribution in [2.24, 2.45) is 0 Å². The summed E-state index contributed by atoms with van der Waals surface area (Å²) in [5.41, 5.74) is 2.55. The number of nitrogens with zero attached hydrogens (tertiary/aromatic N) is 1. The molecule has 3 rings (SSSR count). The van der Waals surface area contributed by atoms with E-state index in [1.807, 2.05) is 24.3 Å². The number of amides is 1. The molecule has 0 spiro atoms. The molecule has 0 unspecified atom stereocenters. The zero-order valence-corrected chi connectivity index (χ0v) is 19.9. The minimum Gasteiger partial charge on any atom is -0.494 e. The number of rotatable bonds is 11. The lowest BCUT2D eigenvalue weighted by Gasteiger charge is -2.16. The third-order valence-corrected chi connectivity index (χ3v) is 5.74. The van der Waals surface area contributed by atoms with Crippen molar-refractivity contribution < 1.29 is 32.6 Å². The number of carboxylic acids is 1. The molecule has 190 valence electrons. The molecule has 0 fully saturated rings. The fraction of sp³-hybridized carbons (Fsp3) is 0.286. The first kappa shape index (κ1) is 26.8. The van der Waals surface area contributed by atoms with E-state index in [0.717, 1.165) is 48.1 Å². The number of aliphatic carboxylic acids is 1. The van der Waals surface area contributed by atoms with Gasteiger partial charge in [-0.15, -0.1) is 0 Å². The van der Waals surface area contributed by atoms with Crippen LogP contribution in [0.15, 0.2) is 72.8 Å². The van der Waals surface area contributed by atoms with Gasteiger partial charge in [-0.2, -0.15) is 13.2 Å². The first-order valence-corrected chi connectivity index (χ1v) is 11.6. The topological polar surface area (TPSA) is 66.8 Å². The number of hydrogen-bond acceptors (Lipinski definition) is 3. The second kappa shape index (κ2) is 12.2. The maximum atomic E-state index is 12.7. The third-order valence-electron chi connectivity index (χ3n) is 5.74. The van der Waals surface area contributed by atoms with E-state index in [4.69, 9.17) is 9.84 Å². The van der Waals surface area contributed by atoms with Gasteiger partial charge in [-0.05, 0) is 72.4 Å². The lowest BCUT2D eigenvalue weighted by Crippen LogP contribution is -2.28. The van der Waals surface area contributed by atoms with Crippen LogP contribution in [0.3, 0.4) is 0 Å². The van der Waals surface area contributed by atoms with E-state index >= 15 is 0 Å². The minimum atomic E-state index is -4.34. The molecule has 3 aromatic carbocycles. The Morgan fingerprint density at radius 3 is 2.00 bits per heavy atom. The number of aryl methyl sites for hydroxylation is 1. The number of hydrogen-bond donors (Lipinski definition) is 1. The highest BCUT2D eigenvalue weighted by Gasteiger charge is 2.29. The van der Waals surface area contributed by atoms with E-state index < -0.39 is 17.7 Å². The van der Waals surface area contributed by atoms with Gasteiger partial charge in [0, 0.05) is 19.2 Å². The molecule has 5 nitrogen and oxygen atoms in total. The molecule has 1 amide bonds. The SMILES string of the molecule is CN(CCC(=O)O)C(=O)c1ccc(OCCCCc2ccc(-c3ccc(C(F)(F)F)cc3)cc2)cc1. The third kappa shape index (κ3) is 7.86. The Morgan fingerprint density at radius 1 is 0.861 bits per heavy atom. The van der Waals surface area contributed by atoms with Gasteiger partial charge in [-0.1, -0.05) is 36.4 Å². The molecule has 0 bridgehead atoms. The second-order valence-corrected chi connectivity index (χ2v) is 8.47. The molecular formula is C28H28F3NO4. The fourth-order valence-electron chi connectivity index (χ4n) is 3.62. The molecular weight excluding hydrogens is 471 g/mol. The van der Waals surface area contributed by atoms with E-state index in [-0.39, 0.29) is 18.9 Å². The van der Waals surface area contributed by atoms with E-state index in [1.54, 1.807) is 31.3 Å². The van der Waals surface area contributed by atoms with Crippen molar-refractivity contribution in [2.75, 3.05) is 20.2 Å². The Kier molecular flexibility index (Phi) is 9.11. The molecule has 0 aromatic heterocycles. The van der Waals surface area contributed by atoms with Crippen molar-refractivity contribution in [1.29, 1.82) is 0 Å². The van der Waals surface area contributed by atoms with E-state index in [1.165, 1.54) is 17.0 Å². The van der Waals surface area contributed by atoms with Gasteiger partial charge in [0.15, 0.2) is 0 Å². The van der Waals surface area contributed by atoms with Gasteiger partial charge in [-0.25, -0.2) is 0 Å². The molecule has 0 radical (unpaired) electrons. The summed E-state index contributed by atoms with van der Waals surface area (Å²) in [5.74, 6) is -0.540. The van der Waals surface area contributed by atoms with Crippen molar-refractivity contribution in [3.8, 4) is 16.9 Å². The van der Waals surface area contributed by atoms with Crippen molar-refractivity contribution in [2.45, 2.75) is 31.9 Å². The molecule has 0 heterocycles. The summed E-state index contributed by atoms with van der Waals surface area (Å²) in [5, 5.41) is 8.74. The number of carbonyl (C=O) groups is 2. The van der Waals surface area contributed by atoms with Crippen LogP contribution >= 0.6 is 0 Å². The first-order valence-electron chi connectivity index (χ1n) is 11.6. The van der Waals surface area contributed by atoms with Crippen LogP contribution in [-0.2, 0) is 17.4 Å². The number of benzene rings is 3. The van der Waals surface area contributed by atoms with Gasteiger partial charge >= 0.3 is 12.1 Å². The van der Waals surface area contributed by atoms with Gasteiger partial charge in [0.05, 0.1) is 18.6 Å². The number of ether oxygens (including phenoxy) is 1. The van der Waals surface area contributed by atoms with Crippen LogP contribution in [0.2, 0.25) is 0 Å². The van der Waals surface area contributed by atoms with Crippen LogP contribution in [0.1, 0.15) is 40.7 Å². The fourth-order valence-corrected chi connectivity index (χ4v) is 3.62. The molecule has 0 saturated carbocycles.